The molecule has 0 aliphatic heterocycles. The van der Waals surface area contributed by atoms with Crippen LogP contribution in [0.15, 0.2) is 36.3 Å². The van der Waals surface area contributed by atoms with Crippen LogP contribution in [0.25, 0.3) is 0 Å². The van der Waals surface area contributed by atoms with Crippen molar-refractivity contribution in [3.63, 3.8) is 0 Å². The Labute approximate surface area is 67.0 Å². The second-order valence-electron chi connectivity index (χ2n) is 1.61. The summed E-state index contributed by atoms with van der Waals surface area (Å²) in [4.78, 5) is 1.09. The molecule has 0 rings (SSSR count). The van der Waals surface area contributed by atoms with E-state index in [1.807, 2.05) is 6.08 Å². The van der Waals surface area contributed by atoms with Crippen LogP contribution in [0.3, 0.4) is 0 Å². The molecular weight excluding hydrogens is 142 g/mol. The molecule has 0 aliphatic carbocycles. The van der Waals surface area contributed by atoms with E-state index >= 15 is 0 Å². The molecule has 0 unspecified atom stereocenters. The van der Waals surface area contributed by atoms with Crippen molar-refractivity contribution in [3.05, 3.63) is 36.3 Å². The van der Waals surface area contributed by atoms with E-state index in [2.05, 4.69) is 24.8 Å². The van der Waals surface area contributed by atoms with E-state index in [0.29, 0.717) is 0 Å². The summed E-state index contributed by atoms with van der Waals surface area (Å²) in [5.74, 6) is 0. The highest BCUT2D eigenvalue weighted by atomic mass is 32.2. The van der Waals surface area contributed by atoms with Crippen molar-refractivity contribution in [2.24, 2.45) is 0 Å². The summed E-state index contributed by atoms with van der Waals surface area (Å²) in [5, 5.41) is 0. The summed E-state index contributed by atoms with van der Waals surface area (Å²) in [6.45, 7) is 10.3. The highest BCUT2D eigenvalue weighted by Gasteiger charge is 1.86. The van der Waals surface area contributed by atoms with Gasteiger partial charge in [0.25, 0.3) is 0 Å². The lowest BCUT2D eigenvalue weighted by molar-refractivity contribution is 1.04. The number of hydrogen-bond donors (Lipinski definition) is 1. The van der Waals surface area contributed by atoms with Crippen LogP contribution in [0.5, 0.6) is 0 Å². The zero-order valence-electron chi connectivity index (χ0n) is 6.26. The zero-order chi connectivity index (χ0) is 7.82. The Bertz CT molecular complexity index is 138. The molecule has 0 radical (unpaired) electrons. The maximum Gasteiger partial charge on any atom is 0.0221 e. The molecular formula is C8H13NS. The molecule has 0 spiro atoms. The molecule has 10 heavy (non-hydrogen) atoms. The van der Waals surface area contributed by atoms with E-state index < -0.39 is 0 Å². The minimum atomic E-state index is 0.951. The van der Waals surface area contributed by atoms with E-state index in [9.17, 15) is 0 Å². The monoisotopic (exact) mass is 155 g/mol. The van der Waals surface area contributed by atoms with Crippen LogP contribution >= 0.6 is 11.9 Å². The SMILES string of the molecule is C=C/C=C(\C=C)SNCC. The van der Waals surface area contributed by atoms with Gasteiger partial charge in [-0.1, -0.05) is 32.2 Å². The third kappa shape index (κ3) is 4.41. The van der Waals surface area contributed by atoms with E-state index in [0.717, 1.165) is 11.4 Å². The van der Waals surface area contributed by atoms with E-state index in [1.165, 1.54) is 0 Å². The van der Waals surface area contributed by atoms with Crippen LogP contribution < -0.4 is 4.72 Å². The molecule has 0 aliphatic rings. The van der Waals surface area contributed by atoms with Crippen LogP contribution in [0, 0.1) is 0 Å². The van der Waals surface area contributed by atoms with Crippen LogP contribution in [-0.4, -0.2) is 6.54 Å². The summed E-state index contributed by atoms with van der Waals surface area (Å²) >= 11 is 1.57. The molecule has 0 saturated carbocycles. The second-order valence-corrected chi connectivity index (χ2v) is 2.57. The first kappa shape index (κ1) is 9.53. The highest BCUT2D eigenvalue weighted by molar-refractivity contribution is 8.01. The molecule has 0 saturated heterocycles. The lowest BCUT2D eigenvalue weighted by Crippen LogP contribution is -1.99. The zero-order valence-corrected chi connectivity index (χ0v) is 7.08. The van der Waals surface area contributed by atoms with Gasteiger partial charge in [0.2, 0.25) is 0 Å². The number of hydrogen-bond acceptors (Lipinski definition) is 2. The predicted molar refractivity (Wildman–Crippen MR) is 49.7 cm³/mol. The van der Waals surface area contributed by atoms with Crippen LogP contribution in [-0.2, 0) is 0 Å². The Morgan fingerprint density at radius 2 is 2.30 bits per heavy atom. The van der Waals surface area contributed by atoms with Crippen LogP contribution in [0.2, 0.25) is 0 Å². The van der Waals surface area contributed by atoms with Crippen molar-refractivity contribution < 1.29 is 0 Å². The molecule has 1 N–H and O–H groups in total. The standard InChI is InChI=1S/C8H13NS/c1-4-7-8(5-2)10-9-6-3/h4-5,7,9H,1-2,6H2,3H3/b8-7+. The lowest BCUT2D eigenvalue weighted by atomic mass is 10.5. The molecule has 56 valence electrons. The van der Waals surface area contributed by atoms with Gasteiger partial charge in [0.15, 0.2) is 0 Å². The summed E-state index contributed by atoms with van der Waals surface area (Å²) in [6.07, 6.45) is 5.47. The molecule has 1 nitrogen and oxygen atoms in total. The van der Waals surface area contributed by atoms with Gasteiger partial charge in [-0.3, -0.25) is 4.72 Å². The van der Waals surface area contributed by atoms with Crippen molar-refractivity contribution >= 4 is 11.9 Å². The van der Waals surface area contributed by atoms with Crippen molar-refractivity contribution in [1.29, 1.82) is 0 Å². The second kappa shape index (κ2) is 6.65. The third-order valence-electron chi connectivity index (χ3n) is 0.818. The first-order valence-electron chi connectivity index (χ1n) is 3.20. The van der Waals surface area contributed by atoms with Crippen molar-refractivity contribution in [2.75, 3.05) is 6.54 Å². The molecule has 0 fully saturated rings. The van der Waals surface area contributed by atoms with Gasteiger partial charge in [0, 0.05) is 11.4 Å². The van der Waals surface area contributed by atoms with Gasteiger partial charge in [-0.15, -0.1) is 0 Å². The van der Waals surface area contributed by atoms with Gasteiger partial charge < -0.3 is 0 Å². The summed E-state index contributed by atoms with van der Waals surface area (Å²) in [5.41, 5.74) is 0. The topological polar surface area (TPSA) is 12.0 Å². The normalized spacial score (nSPS) is 11.1. The minimum Gasteiger partial charge on any atom is -0.260 e. The number of nitrogens with one attached hydrogen (secondary N) is 1. The molecule has 2 heteroatoms. The predicted octanol–water partition coefficient (Wildman–Crippen LogP) is 2.50. The summed E-state index contributed by atoms with van der Waals surface area (Å²) in [7, 11) is 0. The number of rotatable bonds is 5. The first-order chi connectivity index (χ1) is 4.85. The highest BCUT2D eigenvalue weighted by Crippen LogP contribution is 2.11. The number of allylic oxidation sites excluding steroid dienone is 3. The van der Waals surface area contributed by atoms with Crippen molar-refractivity contribution in [2.45, 2.75) is 6.92 Å². The van der Waals surface area contributed by atoms with Crippen molar-refractivity contribution in [1.82, 2.24) is 4.72 Å². The maximum absolute atomic E-state index is 3.66. The van der Waals surface area contributed by atoms with Gasteiger partial charge >= 0.3 is 0 Å². The molecule has 0 aromatic rings. The van der Waals surface area contributed by atoms with E-state index in [1.54, 1.807) is 24.1 Å². The fraction of sp³-hybridized carbons (Fsp3) is 0.250. The Balaban J connectivity index is 3.70. The lowest BCUT2D eigenvalue weighted by Gasteiger charge is -1.98. The molecule has 0 amide bonds. The molecule has 0 aromatic carbocycles. The average Bonchev–Trinajstić information content (AvgIpc) is 1.98. The summed E-state index contributed by atoms with van der Waals surface area (Å²) < 4.78 is 3.11. The smallest absolute Gasteiger partial charge is 0.0221 e. The largest absolute Gasteiger partial charge is 0.260 e. The molecule has 0 aromatic heterocycles. The van der Waals surface area contributed by atoms with E-state index in [4.69, 9.17) is 0 Å². The molecule has 0 heterocycles. The maximum atomic E-state index is 3.66. The fourth-order valence-electron chi connectivity index (χ4n) is 0.415. The van der Waals surface area contributed by atoms with E-state index in [-0.39, 0.29) is 0 Å². The first-order valence-corrected chi connectivity index (χ1v) is 4.01. The Kier molecular flexibility index (Phi) is 6.33. The van der Waals surface area contributed by atoms with Crippen molar-refractivity contribution in [3.8, 4) is 0 Å². The quantitative estimate of drug-likeness (QED) is 0.483. The van der Waals surface area contributed by atoms with Gasteiger partial charge in [0.1, 0.15) is 0 Å². The van der Waals surface area contributed by atoms with Gasteiger partial charge in [-0.05, 0) is 18.0 Å². The third-order valence-corrected chi connectivity index (χ3v) is 1.79. The molecule has 0 atom stereocenters. The fourth-order valence-corrected chi connectivity index (χ4v) is 0.974. The average molecular weight is 155 g/mol. The summed E-state index contributed by atoms with van der Waals surface area (Å²) in [6, 6.07) is 0. The van der Waals surface area contributed by atoms with Crippen LogP contribution in [0.4, 0.5) is 0 Å². The Morgan fingerprint density at radius 1 is 1.60 bits per heavy atom. The Hall–Kier alpha value is -0.470. The van der Waals surface area contributed by atoms with Gasteiger partial charge in [0.05, 0.1) is 0 Å². The van der Waals surface area contributed by atoms with Gasteiger partial charge in [-0.2, -0.15) is 0 Å². The van der Waals surface area contributed by atoms with Gasteiger partial charge in [-0.25, -0.2) is 0 Å². The Morgan fingerprint density at radius 3 is 2.70 bits per heavy atom. The minimum absolute atomic E-state index is 0.951. The molecule has 0 bridgehead atoms. The van der Waals surface area contributed by atoms with Crippen LogP contribution in [0.1, 0.15) is 6.92 Å².